The van der Waals surface area contributed by atoms with E-state index < -0.39 is 0 Å². The van der Waals surface area contributed by atoms with Gasteiger partial charge in [-0.25, -0.2) is 4.39 Å². The Kier molecular flexibility index (Phi) is 7.85. The molecule has 3 rings (SSSR count). The van der Waals surface area contributed by atoms with Crippen LogP contribution < -0.4 is 15.5 Å². The van der Waals surface area contributed by atoms with E-state index in [1.54, 1.807) is 12.1 Å². The zero-order chi connectivity index (χ0) is 19.8. The van der Waals surface area contributed by atoms with Crippen LogP contribution in [-0.2, 0) is 4.74 Å². The molecule has 2 fully saturated rings. The average Bonchev–Trinajstić information content (AvgIpc) is 2.73. The number of nitrogens with zero attached hydrogens (tertiary/aromatic N) is 2. The largest absolute Gasteiger partial charge is 0.381 e. The van der Waals surface area contributed by atoms with Gasteiger partial charge in [0.2, 0.25) is 0 Å². The molecule has 0 spiro atoms. The molecule has 1 aromatic rings. The summed E-state index contributed by atoms with van der Waals surface area (Å²) < 4.78 is 19.2. The molecule has 0 aliphatic carbocycles. The number of nitrogens with one attached hydrogen (secondary N) is 2. The molecule has 1 aromatic carbocycles. The zero-order valence-electron chi connectivity index (χ0n) is 17.0. The lowest BCUT2D eigenvalue weighted by Gasteiger charge is -2.36. The summed E-state index contributed by atoms with van der Waals surface area (Å²) in [6.07, 6.45) is 6.33. The molecule has 0 unspecified atom stereocenters. The van der Waals surface area contributed by atoms with Crippen molar-refractivity contribution in [2.75, 3.05) is 50.5 Å². The number of rotatable bonds is 6. The monoisotopic (exact) mass is 408 g/mol. The van der Waals surface area contributed by atoms with Crippen LogP contribution in [0.2, 0.25) is 0 Å². The van der Waals surface area contributed by atoms with E-state index in [-0.39, 0.29) is 10.6 Å². The second-order valence-electron chi connectivity index (χ2n) is 7.58. The minimum absolute atomic E-state index is 0.171. The molecule has 2 N–H and O–H groups in total. The van der Waals surface area contributed by atoms with Gasteiger partial charge in [-0.1, -0.05) is 6.07 Å². The molecule has 0 radical (unpaired) electrons. The van der Waals surface area contributed by atoms with Gasteiger partial charge in [0.1, 0.15) is 5.82 Å². The maximum Gasteiger partial charge on any atom is 0.191 e. The van der Waals surface area contributed by atoms with E-state index in [2.05, 4.69) is 28.7 Å². The first-order valence-electron chi connectivity index (χ1n) is 10.3. The van der Waals surface area contributed by atoms with Crippen molar-refractivity contribution in [3.63, 3.8) is 0 Å². The van der Waals surface area contributed by atoms with E-state index in [0.717, 1.165) is 76.7 Å². The fourth-order valence-corrected chi connectivity index (χ4v) is 4.63. The fraction of sp³-hybridized carbons (Fsp3) is 0.667. The number of halogens is 1. The molecular weight excluding hydrogens is 375 g/mol. The van der Waals surface area contributed by atoms with Gasteiger partial charge in [-0.3, -0.25) is 4.99 Å². The van der Waals surface area contributed by atoms with Crippen LogP contribution in [0.5, 0.6) is 0 Å². The van der Waals surface area contributed by atoms with Gasteiger partial charge < -0.3 is 20.3 Å². The SMILES string of the molecule is CCNC(=NCC1(SC)CCOCC1)NC1CCN(c2cccc(F)c2)CC1. The number of ether oxygens (including phenoxy) is 1. The lowest BCUT2D eigenvalue weighted by atomic mass is 9.99. The third-order valence-corrected chi connectivity index (χ3v) is 7.12. The minimum Gasteiger partial charge on any atom is -0.381 e. The number of piperidine rings is 1. The minimum atomic E-state index is -0.171. The zero-order valence-corrected chi connectivity index (χ0v) is 17.9. The summed E-state index contributed by atoms with van der Waals surface area (Å²) in [6.45, 7) is 7.28. The molecule has 2 heterocycles. The summed E-state index contributed by atoms with van der Waals surface area (Å²) in [4.78, 5) is 7.18. The second-order valence-corrected chi connectivity index (χ2v) is 8.85. The Hall–Kier alpha value is -1.47. The average molecular weight is 409 g/mol. The maximum atomic E-state index is 13.5. The molecular formula is C21H33FN4OS. The van der Waals surface area contributed by atoms with E-state index in [1.165, 1.54) is 6.07 Å². The molecule has 28 heavy (non-hydrogen) atoms. The van der Waals surface area contributed by atoms with Gasteiger partial charge in [-0.15, -0.1) is 0 Å². The van der Waals surface area contributed by atoms with Crippen LogP contribution in [0.4, 0.5) is 10.1 Å². The highest BCUT2D eigenvalue weighted by Gasteiger charge is 2.31. The van der Waals surface area contributed by atoms with Crippen LogP contribution in [0.25, 0.3) is 0 Å². The Bertz CT molecular complexity index is 643. The predicted molar refractivity (Wildman–Crippen MR) is 117 cm³/mol. The smallest absolute Gasteiger partial charge is 0.191 e. The summed E-state index contributed by atoms with van der Waals surface area (Å²) in [5.74, 6) is 0.738. The molecule has 7 heteroatoms. The fourth-order valence-electron chi connectivity index (χ4n) is 3.86. The Balaban J connectivity index is 1.54. The topological polar surface area (TPSA) is 48.9 Å². The molecule has 0 amide bonds. The van der Waals surface area contributed by atoms with Gasteiger partial charge in [0.15, 0.2) is 5.96 Å². The van der Waals surface area contributed by atoms with Crippen molar-refractivity contribution in [1.82, 2.24) is 10.6 Å². The molecule has 156 valence electrons. The summed E-state index contributed by atoms with van der Waals surface area (Å²) >= 11 is 1.92. The van der Waals surface area contributed by atoms with Crippen molar-refractivity contribution >= 4 is 23.4 Å². The molecule has 2 aliphatic heterocycles. The van der Waals surface area contributed by atoms with E-state index in [9.17, 15) is 4.39 Å². The van der Waals surface area contributed by atoms with Gasteiger partial charge in [0.05, 0.1) is 6.54 Å². The predicted octanol–water partition coefficient (Wildman–Crippen LogP) is 3.26. The standard InChI is InChI=1S/C21H33FN4OS/c1-3-23-20(24-16-21(28-2)9-13-27-14-10-21)25-18-7-11-26(12-8-18)19-6-4-5-17(22)15-19/h4-6,15,18H,3,7-14,16H2,1-2H3,(H2,23,24,25). The maximum absolute atomic E-state index is 13.5. The molecule has 0 bridgehead atoms. The molecule has 0 atom stereocenters. The van der Waals surface area contributed by atoms with Crippen LogP contribution in [-0.4, -0.2) is 62.4 Å². The molecule has 0 saturated carbocycles. The lowest BCUT2D eigenvalue weighted by molar-refractivity contribution is 0.0794. The summed E-state index contributed by atoms with van der Waals surface area (Å²) in [7, 11) is 0. The number of thioether (sulfide) groups is 1. The molecule has 5 nitrogen and oxygen atoms in total. The van der Waals surface area contributed by atoms with Crippen LogP contribution in [0.15, 0.2) is 29.3 Å². The van der Waals surface area contributed by atoms with Crippen LogP contribution >= 0.6 is 11.8 Å². The van der Waals surface area contributed by atoms with Gasteiger partial charge in [-0.05, 0) is 57.1 Å². The number of hydrogen-bond donors (Lipinski definition) is 2. The Morgan fingerprint density at radius 1 is 1.32 bits per heavy atom. The van der Waals surface area contributed by atoms with Crippen LogP contribution in [0, 0.1) is 5.82 Å². The highest BCUT2D eigenvalue weighted by molar-refractivity contribution is 8.00. The summed E-state index contributed by atoms with van der Waals surface area (Å²) in [5.41, 5.74) is 0.973. The number of benzene rings is 1. The van der Waals surface area contributed by atoms with Crippen molar-refractivity contribution in [2.45, 2.75) is 43.4 Å². The Morgan fingerprint density at radius 2 is 2.07 bits per heavy atom. The number of guanidine groups is 1. The van der Waals surface area contributed by atoms with Gasteiger partial charge in [0.25, 0.3) is 0 Å². The first-order valence-corrected chi connectivity index (χ1v) is 11.5. The Labute approximate surface area is 172 Å². The van der Waals surface area contributed by atoms with Crippen molar-refractivity contribution in [3.05, 3.63) is 30.1 Å². The molecule has 2 saturated heterocycles. The lowest BCUT2D eigenvalue weighted by Crippen LogP contribution is -2.49. The highest BCUT2D eigenvalue weighted by Crippen LogP contribution is 2.34. The first kappa shape index (κ1) is 21.2. The van der Waals surface area contributed by atoms with Crippen molar-refractivity contribution in [2.24, 2.45) is 4.99 Å². The van der Waals surface area contributed by atoms with E-state index >= 15 is 0 Å². The number of anilines is 1. The summed E-state index contributed by atoms with van der Waals surface area (Å²) in [5, 5.41) is 7.02. The van der Waals surface area contributed by atoms with Gasteiger partial charge >= 0.3 is 0 Å². The molecule has 2 aliphatic rings. The summed E-state index contributed by atoms with van der Waals surface area (Å²) in [6, 6.07) is 7.27. The van der Waals surface area contributed by atoms with Crippen LogP contribution in [0.1, 0.15) is 32.6 Å². The highest BCUT2D eigenvalue weighted by atomic mass is 32.2. The van der Waals surface area contributed by atoms with E-state index in [0.29, 0.717) is 6.04 Å². The number of hydrogen-bond acceptors (Lipinski definition) is 4. The molecule has 0 aromatic heterocycles. The van der Waals surface area contributed by atoms with E-state index in [1.807, 2.05) is 17.8 Å². The first-order chi connectivity index (χ1) is 13.6. The van der Waals surface area contributed by atoms with Crippen LogP contribution in [0.3, 0.4) is 0 Å². The normalized spacial score (nSPS) is 20.8. The van der Waals surface area contributed by atoms with Gasteiger partial charge in [0, 0.05) is 49.3 Å². The van der Waals surface area contributed by atoms with E-state index in [4.69, 9.17) is 9.73 Å². The second kappa shape index (κ2) is 10.3. The van der Waals surface area contributed by atoms with Crippen molar-refractivity contribution in [1.29, 1.82) is 0 Å². The Morgan fingerprint density at radius 3 is 2.71 bits per heavy atom. The third kappa shape index (κ3) is 5.77. The third-order valence-electron chi connectivity index (χ3n) is 5.72. The van der Waals surface area contributed by atoms with Gasteiger partial charge in [-0.2, -0.15) is 11.8 Å². The quantitative estimate of drug-likeness (QED) is 0.559. The number of aliphatic imine (C=N–C) groups is 1. The van der Waals surface area contributed by atoms with Crippen molar-refractivity contribution < 1.29 is 9.13 Å². The van der Waals surface area contributed by atoms with Crippen molar-refractivity contribution in [3.8, 4) is 0 Å².